The van der Waals surface area contributed by atoms with Crippen molar-refractivity contribution < 1.29 is 13.2 Å². The van der Waals surface area contributed by atoms with Crippen LogP contribution in [0.3, 0.4) is 0 Å². The van der Waals surface area contributed by atoms with Gasteiger partial charge in [-0.25, -0.2) is 8.42 Å². The highest BCUT2D eigenvalue weighted by Crippen LogP contribution is 2.29. The molecule has 2 aromatic carbocycles. The number of hydrogen-bond acceptors (Lipinski definition) is 3. The SMILES string of the molecule is COc1cc(C)cc(/C(C)=C(\C)S(=O)(=O)c2ccccc2)c1. The zero-order valence-electron chi connectivity index (χ0n) is 13.3. The third kappa shape index (κ3) is 3.22. The Balaban J connectivity index is 2.56. The first-order valence-electron chi connectivity index (χ1n) is 7.00. The number of allylic oxidation sites excluding steroid dienone is 2. The van der Waals surface area contributed by atoms with Crippen LogP contribution in [0.1, 0.15) is 25.0 Å². The summed E-state index contributed by atoms with van der Waals surface area (Å²) in [5.41, 5.74) is 2.61. The molecule has 0 aliphatic carbocycles. The minimum Gasteiger partial charge on any atom is -0.497 e. The van der Waals surface area contributed by atoms with Crippen molar-refractivity contribution in [3.63, 3.8) is 0 Å². The van der Waals surface area contributed by atoms with E-state index in [2.05, 4.69) is 0 Å². The van der Waals surface area contributed by atoms with Crippen molar-refractivity contribution in [3.05, 3.63) is 64.6 Å². The number of benzene rings is 2. The summed E-state index contributed by atoms with van der Waals surface area (Å²) in [5.74, 6) is 0.722. The van der Waals surface area contributed by atoms with Crippen LogP contribution < -0.4 is 4.74 Å². The minimum atomic E-state index is -3.48. The molecule has 2 rings (SSSR count). The largest absolute Gasteiger partial charge is 0.497 e. The summed E-state index contributed by atoms with van der Waals surface area (Å²) in [4.78, 5) is 0.665. The topological polar surface area (TPSA) is 43.4 Å². The summed E-state index contributed by atoms with van der Waals surface area (Å²) in [7, 11) is -1.88. The van der Waals surface area contributed by atoms with Crippen LogP contribution in [-0.4, -0.2) is 15.5 Å². The average molecular weight is 316 g/mol. The van der Waals surface area contributed by atoms with Gasteiger partial charge in [-0.1, -0.05) is 24.3 Å². The van der Waals surface area contributed by atoms with Gasteiger partial charge in [-0.3, -0.25) is 0 Å². The van der Waals surface area contributed by atoms with Crippen LogP contribution in [0.15, 0.2) is 58.3 Å². The molecule has 22 heavy (non-hydrogen) atoms. The van der Waals surface area contributed by atoms with Gasteiger partial charge in [0, 0.05) is 4.91 Å². The Hall–Kier alpha value is -2.07. The molecule has 4 heteroatoms. The van der Waals surface area contributed by atoms with E-state index < -0.39 is 9.84 Å². The smallest absolute Gasteiger partial charge is 0.202 e. The van der Waals surface area contributed by atoms with E-state index in [1.165, 1.54) is 0 Å². The molecule has 0 bridgehead atoms. The fourth-order valence-electron chi connectivity index (χ4n) is 2.26. The molecule has 0 atom stereocenters. The van der Waals surface area contributed by atoms with Crippen LogP contribution in [0.2, 0.25) is 0 Å². The quantitative estimate of drug-likeness (QED) is 0.848. The van der Waals surface area contributed by atoms with Crippen LogP contribution in [0.4, 0.5) is 0 Å². The maximum Gasteiger partial charge on any atom is 0.202 e. The lowest BCUT2D eigenvalue weighted by Gasteiger charge is -2.12. The standard InChI is InChI=1S/C18H20O3S/c1-13-10-16(12-17(11-13)21-4)14(2)15(3)22(19,20)18-8-6-5-7-9-18/h5-12H,1-4H3/b15-14+. The van der Waals surface area contributed by atoms with Crippen molar-refractivity contribution in [2.24, 2.45) is 0 Å². The molecule has 0 unspecified atom stereocenters. The van der Waals surface area contributed by atoms with E-state index in [1.54, 1.807) is 44.4 Å². The number of hydrogen-bond donors (Lipinski definition) is 0. The second-order valence-corrected chi connectivity index (χ2v) is 7.33. The minimum absolute atomic E-state index is 0.312. The Morgan fingerprint density at radius 3 is 2.23 bits per heavy atom. The molecule has 0 N–H and O–H groups in total. The van der Waals surface area contributed by atoms with E-state index in [1.807, 2.05) is 32.0 Å². The van der Waals surface area contributed by atoms with Gasteiger partial charge < -0.3 is 4.74 Å². The van der Waals surface area contributed by atoms with E-state index in [4.69, 9.17) is 4.74 Å². The third-order valence-electron chi connectivity index (χ3n) is 3.70. The van der Waals surface area contributed by atoms with Crippen LogP contribution in [-0.2, 0) is 9.84 Å². The second-order valence-electron chi connectivity index (χ2n) is 5.24. The molecular weight excluding hydrogens is 296 g/mol. The Kier molecular flexibility index (Phi) is 4.71. The van der Waals surface area contributed by atoms with Gasteiger partial charge in [-0.05, 0) is 61.7 Å². The van der Waals surface area contributed by atoms with Gasteiger partial charge in [0.1, 0.15) is 5.75 Å². The molecule has 0 aliphatic rings. The lowest BCUT2D eigenvalue weighted by Crippen LogP contribution is -2.04. The number of sulfone groups is 1. The monoisotopic (exact) mass is 316 g/mol. The van der Waals surface area contributed by atoms with E-state index in [0.717, 1.165) is 22.4 Å². The molecule has 0 amide bonds. The fraction of sp³-hybridized carbons (Fsp3) is 0.222. The van der Waals surface area contributed by atoms with Crippen LogP contribution in [0.5, 0.6) is 5.75 Å². The molecule has 0 radical (unpaired) electrons. The molecule has 0 aliphatic heterocycles. The van der Waals surface area contributed by atoms with Gasteiger partial charge in [0.15, 0.2) is 0 Å². The van der Waals surface area contributed by atoms with E-state index in [9.17, 15) is 8.42 Å². The van der Waals surface area contributed by atoms with Gasteiger partial charge >= 0.3 is 0 Å². The average Bonchev–Trinajstić information content (AvgIpc) is 2.53. The van der Waals surface area contributed by atoms with E-state index in [-0.39, 0.29) is 0 Å². The Morgan fingerprint density at radius 2 is 1.64 bits per heavy atom. The molecule has 0 saturated heterocycles. The van der Waals surface area contributed by atoms with Crippen molar-refractivity contribution in [3.8, 4) is 5.75 Å². The Morgan fingerprint density at radius 1 is 1.00 bits per heavy atom. The van der Waals surface area contributed by atoms with Crippen molar-refractivity contribution in [1.29, 1.82) is 0 Å². The molecule has 0 heterocycles. The van der Waals surface area contributed by atoms with Gasteiger partial charge in [0.05, 0.1) is 12.0 Å². The summed E-state index contributed by atoms with van der Waals surface area (Å²) in [5, 5.41) is 0. The van der Waals surface area contributed by atoms with E-state index in [0.29, 0.717) is 9.80 Å². The molecule has 116 valence electrons. The third-order valence-corrected chi connectivity index (χ3v) is 5.71. The van der Waals surface area contributed by atoms with Gasteiger partial charge in [0.2, 0.25) is 9.84 Å². The van der Waals surface area contributed by atoms with Crippen molar-refractivity contribution >= 4 is 15.4 Å². The molecular formula is C18H20O3S. The zero-order valence-corrected chi connectivity index (χ0v) is 14.1. The zero-order chi connectivity index (χ0) is 16.3. The van der Waals surface area contributed by atoms with Crippen LogP contribution in [0.25, 0.3) is 5.57 Å². The van der Waals surface area contributed by atoms with Crippen LogP contribution in [0, 0.1) is 6.92 Å². The summed E-state index contributed by atoms with van der Waals surface area (Å²) in [6, 6.07) is 14.2. The molecule has 0 aromatic heterocycles. The van der Waals surface area contributed by atoms with E-state index >= 15 is 0 Å². The first-order valence-corrected chi connectivity index (χ1v) is 8.48. The van der Waals surface area contributed by atoms with Crippen molar-refractivity contribution in [1.82, 2.24) is 0 Å². The first kappa shape index (κ1) is 16.3. The predicted molar refractivity (Wildman–Crippen MR) is 89.6 cm³/mol. The van der Waals surface area contributed by atoms with Crippen LogP contribution >= 0.6 is 0 Å². The Bertz CT molecular complexity index is 803. The van der Waals surface area contributed by atoms with Gasteiger partial charge in [-0.2, -0.15) is 0 Å². The highest BCUT2D eigenvalue weighted by molar-refractivity contribution is 7.95. The Labute approximate surface area is 132 Å². The normalized spacial score (nSPS) is 12.7. The lowest BCUT2D eigenvalue weighted by atomic mass is 10.0. The number of aryl methyl sites for hydroxylation is 1. The number of rotatable bonds is 4. The fourth-order valence-corrected chi connectivity index (χ4v) is 3.65. The lowest BCUT2D eigenvalue weighted by molar-refractivity contribution is 0.414. The highest BCUT2D eigenvalue weighted by atomic mass is 32.2. The predicted octanol–water partition coefficient (Wildman–Crippen LogP) is 4.23. The maximum absolute atomic E-state index is 12.7. The maximum atomic E-state index is 12.7. The van der Waals surface area contributed by atoms with Crippen molar-refractivity contribution in [2.45, 2.75) is 25.7 Å². The summed E-state index contributed by atoms with van der Waals surface area (Å²) >= 11 is 0. The summed E-state index contributed by atoms with van der Waals surface area (Å²) in [6.45, 7) is 5.43. The molecule has 0 saturated carbocycles. The first-order chi connectivity index (χ1) is 10.4. The summed E-state index contributed by atoms with van der Waals surface area (Å²) in [6.07, 6.45) is 0. The molecule has 3 nitrogen and oxygen atoms in total. The second kappa shape index (κ2) is 6.36. The molecule has 0 fully saturated rings. The summed E-state index contributed by atoms with van der Waals surface area (Å²) < 4.78 is 30.7. The molecule has 2 aromatic rings. The number of methoxy groups -OCH3 is 1. The highest BCUT2D eigenvalue weighted by Gasteiger charge is 2.19. The van der Waals surface area contributed by atoms with Gasteiger partial charge in [0.25, 0.3) is 0 Å². The molecule has 0 spiro atoms. The number of ether oxygens (including phenoxy) is 1. The van der Waals surface area contributed by atoms with Gasteiger partial charge in [-0.15, -0.1) is 0 Å². The van der Waals surface area contributed by atoms with Crippen molar-refractivity contribution in [2.75, 3.05) is 7.11 Å².